The summed E-state index contributed by atoms with van der Waals surface area (Å²) in [5.74, 6) is -0.458. The van der Waals surface area contributed by atoms with E-state index < -0.39 is 10.0 Å². The third-order valence-electron chi connectivity index (χ3n) is 3.45. The number of carbonyl (C=O) groups excluding carboxylic acids is 1. The summed E-state index contributed by atoms with van der Waals surface area (Å²) in [4.78, 5) is 15.7. The number of hydrogen-bond acceptors (Lipinski definition) is 5. The van der Waals surface area contributed by atoms with Gasteiger partial charge in [-0.15, -0.1) is 0 Å². The maximum atomic E-state index is 12.1. The number of hydrogen-bond donors (Lipinski definition) is 2. The molecule has 8 nitrogen and oxygen atoms in total. The lowest BCUT2D eigenvalue weighted by atomic mass is 10.2. The van der Waals surface area contributed by atoms with Gasteiger partial charge in [0.2, 0.25) is 15.9 Å². The first-order valence-electron chi connectivity index (χ1n) is 7.61. The van der Waals surface area contributed by atoms with Crippen LogP contribution >= 0.6 is 0 Å². The molecule has 3 rings (SSSR count). The van der Waals surface area contributed by atoms with Crippen LogP contribution < -0.4 is 10.0 Å². The zero-order valence-corrected chi connectivity index (χ0v) is 14.1. The molecule has 130 valence electrons. The van der Waals surface area contributed by atoms with Gasteiger partial charge in [0.25, 0.3) is 0 Å². The van der Waals surface area contributed by atoms with Gasteiger partial charge in [-0.1, -0.05) is 6.07 Å². The number of fused-ring (bicyclic) bond motifs is 1. The van der Waals surface area contributed by atoms with Crippen LogP contribution in [-0.4, -0.2) is 41.2 Å². The van der Waals surface area contributed by atoms with Crippen molar-refractivity contribution in [2.45, 2.75) is 6.42 Å². The van der Waals surface area contributed by atoms with E-state index in [0.29, 0.717) is 5.69 Å². The lowest BCUT2D eigenvalue weighted by Crippen LogP contribution is -2.32. The molecule has 25 heavy (non-hydrogen) atoms. The van der Waals surface area contributed by atoms with Gasteiger partial charge >= 0.3 is 0 Å². The van der Waals surface area contributed by atoms with Crippen molar-refractivity contribution < 1.29 is 13.2 Å². The van der Waals surface area contributed by atoms with Crippen LogP contribution in [0.1, 0.15) is 5.56 Å². The molecule has 0 aliphatic carbocycles. The Morgan fingerprint density at radius 3 is 2.88 bits per heavy atom. The highest BCUT2D eigenvalue weighted by Crippen LogP contribution is 2.12. The molecule has 0 atom stereocenters. The molecule has 0 aromatic carbocycles. The van der Waals surface area contributed by atoms with Gasteiger partial charge in [0.05, 0.1) is 23.4 Å². The summed E-state index contributed by atoms with van der Waals surface area (Å²) in [6, 6.07) is 8.62. The van der Waals surface area contributed by atoms with Crippen molar-refractivity contribution in [3.63, 3.8) is 0 Å². The van der Waals surface area contributed by atoms with E-state index in [4.69, 9.17) is 0 Å². The molecule has 1 amide bonds. The van der Waals surface area contributed by atoms with E-state index in [-0.39, 0.29) is 24.6 Å². The summed E-state index contributed by atoms with van der Waals surface area (Å²) < 4.78 is 28.4. The Morgan fingerprint density at radius 1 is 1.20 bits per heavy atom. The van der Waals surface area contributed by atoms with Crippen LogP contribution in [0.4, 0.5) is 5.69 Å². The van der Waals surface area contributed by atoms with Gasteiger partial charge in [0, 0.05) is 31.3 Å². The number of carbonyl (C=O) groups is 1. The van der Waals surface area contributed by atoms with E-state index in [0.717, 1.165) is 11.1 Å². The molecule has 9 heteroatoms. The number of nitrogens with one attached hydrogen (secondary N) is 2. The molecule has 0 bridgehead atoms. The lowest BCUT2D eigenvalue weighted by molar-refractivity contribution is -0.120. The number of nitrogens with zero attached hydrogens (tertiary/aromatic N) is 3. The van der Waals surface area contributed by atoms with Crippen molar-refractivity contribution in [1.82, 2.24) is 19.9 Å². The SMILES string of the molecule is O=C(Cc1cccnc1)NCCS(=O)(=O)Nc1ccn2nccc2c1. The van der Waals surface area contributed by atoms with Gasteiger partial charge in [0.1, 0.15) is 0 Å². The molecule has 3 aromatic heterocycles. The van der Waals surface area contributed by atoms with Crippen molar-refractivity contribution in [3.8, 4) is 0 Å². The van der Waals surface area contributed by atoms with Crippen molar-refractivity contribution >= 4 is 27.1 Å². The smallest absolute Gasteiger partial charge is 0.234 e. The van der Waals surface area contributed by atoms with Gasteiger partial charge < -0.3 is 5.32 Å². The van der Waals surface area contributed by atoms with Crippen LogP contribution in [0.3, 0.4) is 0 Å². The van der Waals surface area contributed by atoms with Crippen molar-refractivity contribution in [2.24, 2.45) is 0 Å². The number of pyridine rings is 2. The maximum absolute atomic E-state index is 12.1. The largest absolute Gasteiger partial charge is 0.355 e. The van der Waals surface area contributed by atoms with Gasteiger partial charge in [-0.2, -0.15) is 5.10 Å². The van der Waals surface area contributed by atoms with Crippen LogP contribution in [0.2, 0.25) is 0 Å². The molecular formula is C16H17N5O3S. The summed E-state index contributed by atoms with van der Waals surface area (Å²) in [6.45, 7) is 0.0311. The molecule has 0 fully saturated rings. The molecule has 0 radical (unpaired) electrons. The highest BCUT2D eigenvalue weighted by molar-refractivity contribution is 7.92. The molecule has 0 unspecified atom stereocenters. The minimum Gasteiger partial charge on any atom is -0.355 e. The average Bonchev–Trinajstić information content (AvgIpc) is 3.02. The number of aromatic nitrogens is 3. The van der Waals surface area contributed by atoms with Crippen LogP contribution in [-0.2, 0) is 21.2 Å². The van der Waals surface area contributed by atoms with Crippen molar-refractivity contribution in [2.75, 3.05) is 17.0 Å². The Hall–Kier alpha value is -2.94. The fourth-order valence-electron chi connectivity index (χ4n) is 2.29. The fourth-order valence-corrected chi connectivity index (χ4v) is 3.25. The summed E-state index contributed by atoms with van der Waals surface area (Å²) in [5, 5.41) is 6.65. The highest BCUT2D eigenvalue weighted by atomic mass is 32.2. The second kappa shape index (κ2) is 7.31. The molecule has 0 saturated heterocycles. The average molecular weight is 359 g/mol. The second-order valence-corrected chi connectivity index (χ2v) is 7.27. The summed E-state index contributed by atoms with van der Waals surface area (Å²) >= 11 is 0. The van der Waals surface area contributed by atoms with E-state index in [1.54, 1.807) is 59.6 Å². The monoisotopic (exact) mass is 359 g/mol. The molecular weight excluding hydrogens is 342 g/mol. The highest BCUT2D eigenvalue weighted by Gasteiger charge is 2.12. The van der Waals surface area contributed by atoms with Gasteiger partial charge in [-0.25, -0.2) is 12.9 Å². The first-order chi connectivity index (χ1) is 12.0. The fraction of sp³-hybridized carbons (Fsp3) is 0.188. The maximum Gasteiger partial charge on any atom is 0.234 e. The zero-order valence-electron chi connectivity index (χ0n) is 13.3. The molecule has 0 aliphatic rings. The number of amides is 1. The van der Waals surface area contributed by atoms with Gasteiger partial charge in [0.15, 0.2) is 0 Å². The van der Waals surface area contributed by atoms with E-state index in [2.05, 4.69) is 20.1 Å². The van der Waals surface area contributed by atoms with Crippen molar-refractivity contribution in [3.05, 3.63) is 60.7 Å². The first-order valence-corrected chi connectivity index (χ1v) is 9.26. The van der Waals surface area contributed by atoms with E-state index in [1.807, 2.05) is 0 Å². The van der Waals surface area contributed by atoms with Crippen molar-refractivity contribution in [1.29, 1.82) is 0 Å². The zero-order chi connectivity index (χ0) is 17.7. The van der Waals surface area contributed by atoms with E-state index in [9.17, 15) is 13.2 Å². The predicted octanol–water partition coefficient (Wildman–Crippen LogP) is 0.830. The Labute approximate surface area is 144 Å². The molecule has 3 aromatic rings. The molecule has 0 spiro atoms. The van der Waals surface area contributed by atoms with Gasteiger partial charge in [-0.05, 0) is 29.8 Å². The molecule has 2 N–H and O–H groups in total. The minimum absolute atomic E-state index is 0.0311. The van der Waals surface area contributed by atoms with E-state index >= 15 is 0 Å². The predicted molar refractivity (Wildman–Crippen MR) is 93.6 cm³/mol. The number of rotatable bonds is 7. The van der Waals surface area contributed by atoms with Crippen LogP contribution in [0.5, 0.6) is 0 Å². The normalized spacial score (nSPS) is 11.4. The Morgan fingerprint density at radius 2 is 2.08 bits per heavy atom. The third kappa shape index (κ3) is 4.77. The number of sulfonamides is 1. The number of anilines is 1. The topological polar surface area (TPSA) is 105 Å². The summed E-state index contributed by atoms with van der Waals surface area (Å²) in [5.41, 5.74) is 2.01. The van der Waals surface area contributed by atoms with Crippen LogP contribution in [0.25, 0.3) is 5.52 Å². The van der Waals surface area contributed by atoms with Crippen LogP contribution in [0, 0.1) is 0 Å². The third-order valence-corrected chi connectivity index (χ3v) is 4.74. The quantitative estimate of drug-likeness (QED) is 0.650. The molecule has 3 heterocycles. The Kier molecular flexibility index (Phi) is 4.94. The second-order valence-electron chi connectivity index (χ2n) is 5.42. The first kappa shape index (κ1) is 16.9. The minimum atomic E-state index is -3.56. The summed E-state index contributed by atoms with van der Waals surface area (Å²) in [6.07, 6.45) is 6.69. The summed E-state index contributed by atoms with van der Waals surface area (Å²) in [7, 11) is -3.56. The lowest BCUT2D eigenvalue weighted by Gasteiger charge is -2.09. The molecule has 0 saturated carbocycles. The van der Waals surface area contributed by atoms with E-state index in [1.165, 1.54) is 0 Å². The van der Waals surface area contributed by atoms with Gasteiger partial charge in [-0.3, -0.25) is 14.5 Å². The standard InChI is InChI=1S/C16H17N5O3S/c22-16(10-13-2-1-5-17-12-13)18-7-9-25(23,24)20-14-4-8-21-15(11-14)3-6-19-21/h1-6,8,11-12,20H,7,9-10H2,(H,18,22). The van der Waals surface area contributed by atoms with Crippen LogP contribution in [0.15, 0.2) is 55.1 Å². The Bertz CT molecular complexity index is 970. The Balaban J connectivity index is 1.50. The molecule has 0 aliphatic heterocycles.